The predicted molar refractivity (Wildman–Crippen MR) is 70.8 cm³/mol. The Balaban J connectivity index is 3.88. The van der Waals surface area contributed by atoms with Gasteiger partial charge in [0, 0.05) is 13.2 Å². The van der Waals surface area contributed by atoms with Gasteiger partial charge in [0.15, 0.2) is 0 Å². The number of likely N-dealkylation sites (N-methyl/N-ethyl adjacent to an activating group) is 1. The van der Waals surface area contributed by atoms with Crippen LogP contribution in [0.2, 0.25) is 0 Å². The van der Waals surface area contributed by atoms with Gasteiger partial charge >= 0.3 is 0 Å². The van der Waals surface area contributed by atoms with Crippen LogP contribution in [-0.2, 0) is 9.53 Å². The minimum Gasteiger partial charge on any atom is -0.381 e. The van der Waals surface area contributed by atoms with Crippen LogP contribution in [0.3, 0.4) is 0 Å². The van der Waals surface area contributed by atoms with Crippen molar-refractivity contribution in [1.82, 2.24) is 5.32 Å². The van der Waals surface area contributed by atoms with Crippen LogP contribution in [0.4, 0.5) is 0 Å². The van der Waals surface area contributed by atoms with Crippen molar-refractivity contribution in [2.45, 2.75) is 53.0 Å². The molecule has 1 amide bonds. The molecule has 0 aliphatic heterocycles. The number of amides is 1. The number of primary amides is 1. The zero-order valence-electron chi connectivity index (χ0n) is 11.9. The van der Waals surface area contributed by atoms with E-state index in [0.29, 0.717) is 13.0 Å². The number of rotatable bonds is 8. The molecule has 17 heavy (non-hydrogen) atoms. The van der Waals surface area contributed by atoms with Crippen molar-refractivity contribution in [3.8, 4) is 0 Å². The molecule has 0 aromatic carbocycles. The third-order valence-corrected chi connectivity index (χ3v) is 2.85. The highest BCUT2D eigenvalue weighted by Gasteiger charge is 2.29. The first-order valence-corrected chi connectivity index (χ1v) is 6.34. The van der Waals surface area contributed by atoms with E-state index < -0.39 is 5.54 Å². The molecular formula is C13H28N2O2. The lowest BCUT2D eigenvalue weighted by atomic mass is 9.93. The van der Waals surface area contributed by atoms with Gasteiger partial charge in [-0.3, -0.25) is 4.79 Å². The van der Waals surface area contributed by atoms with E-state index in [1.807, 2.05) is 13.8 Å². The summed E-state index contributed by atoms with van der Waals surface area (Å²) in [7, 11) is 0. The highest BCUT2D eigenvalue weighted by atomic mass is 16.5. The van der Waals surface area contributed by atoms with Crippen molar-refractivity contribution in [2.24, 2.45) is 11.1 Å². The van der Waals surface area contributed by atoms with E-state index in [9.17, 15) is 4.79 Å². The summed E-state index contributed by atoms with van der Waals surface area (Å²) in [5.74, 6) is -0.321. The molecule has 0 radical (unpaired) electrons. The molecule has 0 saturated carbocycles. The molecule has 0 aliphatic rings. The Morgan fingerprint density at radius 1 is 1.18 bits per heavy atom. The standard InChI is InChI=1S/C13H28N2O2/c1-6-15-13(5,11(14)16)8-10-17-9-7-12(2,3)4/h15H,6-10H2,1-5H3,(H2,14,16). The van der Waals surface area contributed by atoms with Crippen LogP contribution >= 0.6 is 0 Å². The number of hydrogen-bond donors (Lipinski definition) is 2. The maximum atomic E-state index is 11.3. The molecule has 0 heterocycles. The highest BCUT2D eigenvalue weighted by Crippen LogP contribution is 2.18. The second kappa shape index (κ2) is 6.97. The second-order valence-corrected chi connectivity index (χ2v) is 5.90. The van der Waals surface area contributed by atoms with Crippen LogP contribution < -0.4 is 11.1 Å². The number of carbonyl (C=O) groups excluding carboxylic acids is 1. The summed E-state index contributed by atoms with van der Waals surface area (Å²) in [6.07, 6.45) is 1.63. The second-order valence-electron chi connectivity index (χ2n) is 5.90. The third kappa shape index (κ3) is 7.34. The molecule has 4 nitrogen and oxygen atoms in total. The zero-order chi connectivity index (χ0) is 13.5. The first kappa shape index (κ1) is 16.4. The monoisotopic (exact) mass is 244 g/mol. The van der Waals surface area contributed by atoms with Crippen LogP contribution in [0.1, 0.15) is 47.5 Å². The Morgan fingerprint density at radius 2 is 1.71 bits per heavy atom. The number of nitrogens with one attached hydrogen (secondary N) is 1. The molecule has 0 aromatic heterocycles. The van der Waals surface area contributed by atoms with Gasteiger partial charge in [-0.15, -0.1) is 0 Å². The molecule has 1 atom stereocenters. The maximum absolute atomic E-state index is 11.3. The van der Waals surface area contributed by atoms with Crippen molar-refractivity contribution >= 4 is 5.91 Å². The summed E-state index contributed by atoms with van der Waals surface area (Å²) < 4.78 is 5.55. The number of hydrogen-bond acceptors (Lipinski definition) is 3. The first-order chi connectivity index (χ1) is 7.71. The molecule has 0 saturated heterocycles. The molecule has 102 valence electrons. The van der Waals surface area contributed by atoms with Crippen molar-refractivity contribution < 1.29 is 9.53 Å². The average Bonchev–Trinajstić information content (AvgIpc) is 2.15. The van der Waals surface area contributed by atoms with Crippen molar-refractivity contribution in [2.75, 3.05) is 19.8 Å². The van der Waals surface area contributed by atoms with E-state index in [-0.39, 0.29) is 11.3 Å². The summed E-state index contributed by atoms with van der Waals surface area (Å²) in [6.45, 7) is 12.3. The van der Waals surface area contributed by atoms with Gasteiger partial charge in [-0.25, -0.2) is 0 Å². The highest BCUT2D eigenvalue weighted by molar-refractivity contribution is 5.84. The Morgan fingerprint density at radius 3 is 2.12 bits per heavy atom. The van der Waals surface area contributed by atoms with Crippen LogP contribution in [0.15, 0.2) is 0 Å². The van der Waals surface area contributed by atoms with Crippen LogP contribution in [0.25, 0.3) is 0 Å². The molecule has 0 aliphatic carbocycles. The molecule has 0 bridgehead atoms. The lowest BCUT2D eigenvalue weighted by molar-refractivity contribution is -0.124. The van der Waals surface area contributed by atoms with Gasteiger partial charge in [0.05, 0.1) is 5.54 Å². The number of nitrogens with two attached hydrogens (primary N) is 1. The summed E-state index contributed by atoms with van der Waals surface area (Å²) in [4.78, 5) is 11.3. The van der Waals surface area contributed by atoms with Gasteiger partial charge in [-0.05, 0) is 31.7 Å². The first-order valence-electron chi connectivity index (χ1n) is 6.34. The fourth-order valence-electron chi connectivity index (χ4n) is 1.45. The van der Waals surface area contributed by atoms with Gasteiger partial charge < -0.3 is 15.8 Å². The molecule has 0 fully saturated rings. The van der Waals surface area contributed by atoms with Crippen molar-refractivity contribution in [3.05, 3.63) is 0 Å². The molecular weight excluding hydrogens is 216 g/mol. The molecule has 4 heteroatoms. The minimum absolute atomic E-state index is 0.286. The van der Waals surface area contributed by atoms with Crippen molar-refractivity contribution in [1.29, 1.82) is 0 Å². The van der Waals surface area contributed by atoms with E-state index >= 15 is 0 Å². The van der Waals surface area contributed by atoms with E-state index in [4.69, 9.17) is 10.5 Å². The summed E-state index contributed by atoms with van der Waals surface area (Å²) in [5, 5.41) is 3.11. The largest absolute Gasteiger partial charge is 0.381 e. The topological polar surface area (TPSA) is 64.3 Å². The Hall–Kier alpha value is -0.610. The quantitative estimate of drug-likeness (QED) is 0.639. The smallest absolute Gasteiger partial charge is 0.237 e. The van der Waals surface area contributed by atoms with Gasteiger partial charge in [0.25, 0.3) is 0 Å². The van der Waals surface area contributed by atoms with Gasteiger partial charge in [-0.1, -0.05) is 27.7 Å². The van der Waals surface area contributed by atoms with E-state index in [2.05, 4.69) is 26.1 Å². The molecule has 1 unspecified atom stereocenters. The fourth-order valence-corrected chi connectivity index (χ4v) is 1.45. The molecule has 0 rings (SSSR count). The summed E-state index contributed by atoms with van der Waals surface area (Å²) in [5.41, 5.74) is 5.01. The maximum Gasteiger partial charge on any atom is 0.237 e. The van der Waals surface area contributed by atoms with Gasteiger partial charge in [-0.2, -0.15) is 0 Å². The fraction of sp³-hybridized carbons (Fsp3) is 0.923. The normalized spacial score (nSPS) is 15.6. The SMILES string of the molecule is CCNC(C)(CCOCCC(C)(C)C)C(N)=O. The lowest BCUT2D eigenvalue weighted by Crippen LogP contribution is -2.53. The summed E-state index contributed by atoms with van der Waals surface area (Å²) in [6, 6.07) is 0. The van der Waals surface area contributed by atoms with E-state index in [0.717, 1.165) is 19.6 Å². The summed E-state index contributed by atoms with van der Waals surface area (Å²) >= 11 is 0. The Bertz CT molecular complexity index is 236. The van der Waals surface area contributed by atoms with Crippen LogP contribution in [0.5, 0.6) is 0 Å². The lowest BCUT2D eigenvalue weighted by Gasteiger charge is -2.27. The predicted octanol–water partition coefficient (Wildman–Crippen LogP) is 1.68. The number of carbonyl (C=O) groups is 1. The third-order valence-electron chi connectivity index (χ3n) is 2.85. The van der Waals surface area contributed by atoms with Crippen molar-refractivity contribution in [3.63, 3.8) is 0 Å². The molecule has 3 N–H and O–H groups in total. The number of ether oxygens (including phenoxy) is 1. The van der Waals surface area contributed by atoms with E-state index in [1.165, 1.54) is 0 Å². The minimum atomic E-state index is -0.656. The Kier molecular flexibility index (Phi) is 6.72. The van der Waals surface area contributed by atoms with Gasteiger partial charge in [0.2, 0.25) is 5.91 Å². The van der Waals surface area contributed by atoms with E-state index in [1.54, 1.807) is 0 Å². The van der Waals surface area contributed by atoms with Gasteiger partial charge in [0.1, 0.15) is 0 Å². The average molecular weight is 244 g/mol. The zero-order valence-corrected chi connectivity index (χ0v) is 11.9. The molecule has 0 aromatic rings. The Labute approximate surface area is 105 Å². The van der Waals surface area contributed by atoms with Crippen LogP contribution in [-0.4, -0.2) is 31.2 Å². The van der Waals surface area contributed by atoms with Crippen LogP contribution in [0, 0.1) is 5.41 Å². The molecule has 0 spiro atoms.